The second-order valence-electron chi connectivity index (χ2n) is 9.14. The van der Waals surface area contributed by atoms with Crippen LogP contribution < -0.4 is 0 Å². The van der Waals surface area contributed by atoms with Crippen molar-refractivity contribution in [2.24, 2.45) is 22.2 Å². The third kappa shape index (κ3) is 1.88. The fraction of sp³-hybridized carbons (Fsp3) is 0.571. The predicted octanol–water partition coefficient (Wildman–Crippen LogP) is 4.48. The number of hydrogen-bond donors (Lipinski definition) is 1. The van der Waals surface area contributed by atoms with Crippen LogP contribution >= 0.6 is 0 Å². The van der Waals surface area contributed by atoms with Gasteiger partial charge in [-0.25, -0.2) is 0 Å². The third-order valence-electron chi connectivity index (χ3n) is 6.76. The Bertz CT molecular complexity index is 678. The van der Waals surface area contributed by atoms with E-state index in [1.165, 1.54) is 0 Å². The van der Waals surface area contributed by atoms with Crippen molar-refractivity contribution in [3.05, 3.63) is 41.5 Å². The first kappa shape index (κ1) is 16.4. The first-order chi connectivity index (χ1) is 10.5. The van der Waals surface area contributed by atoms with Crippen LogP contribution in [0.25, 0.3) is 6.08 Å². The van der Waals surface area contributed by atoms with Crippen LogP contribution in [0.2, 0.25) is 0 Å². The molecule has 0 heterocycles. The second kappa shape index (κ2) is 4.57. The van der Waals surface area contributed by atoms with Crippen molar-refractivity contribution >= 4 is 11.9 Å². The van der Waals surface area contributed by atoms with Crippen LogP contribution in [-0.2, 0) is 4.79 Å². The molecule has 2 bridgehead atoms. The van der Waals surface area contributed by atoms with E-state index in [1.807, 2.05) is 43.3 Å². The lowest BCUT2D eigenvalue weighted by Gasteiger charge is -2.44. The summed E-state index contributed by atoms with van der Waals surface area (Å²) in [5.41, 5.74) is -0.519. The van der Waals surface area contributed by atoms with E-state index in [0.717, 1.165) is 12.0 Å². The van der Waals surface area contributed by atoms with Crippen LogP contribution in [0.15, 0.2) is 35.9 Å². The van der Waals surface area contributed by atoms with E-state index in [-0.39, 0.29) is 17.1 Å². The zero-order valence-corrected chi connectivity index (χ0v) is 15.1. The van der Waals surface area contributed by atoms with Crippen LogP contribution in [0.5, 0.6) is 0 Å². The van der Waals surface area contributed by atoms with Crippen molar-refractivity contribution < 1.29 is 9.90 Å². The maximum absolute atomic E-state index is 13.2. The number of rotatable bonds is 1. The molecule has 0 aromatic heterocycles. The number of Topliss-reactive ketones (excluding diaryl/α,β-unsaturated/α-hetero) is 1. The van der Waals surface area contributed by atoms with Gasteiger partial charge in [0, 0.05) is 16.4 Å². The molecule has 1 aromatic rings. The van der Waals surface area contributed by atoms with Gasteiger partial charge in [0.1, 0.15) is 5.60 Å². The summed E-state index contributed by atoms with van der Waals surface area (Å²) in [5, 5.41) is 11.8. The number of carbonyl (C=O) groups is 1. The Balaban J connectivity index is 2.23. The summed E-state index contributed by atoms with van der Waals surface area (Å²) in [7, 11) is 0. The van der Waals surface area contributed by atoms with E-state index in [4.69, 9.17) is 0 Å². The Hall–Kier alpha value is -1.41. The Morgan fingerprint density at radius 2 is 1.70 bits per heavy atom. The van der Waals surface area contributed by atoms with Crippen molar-refractivity contribution in [1.82, 2.24) is 0 Å². The Morgan fingerprint density at radius 1 is 1.13 bits per heavy atom. The van der Waals surface area contributed by atoms with E-state index >= 15 is 0 Å². The number of ketones is 1. The average molecular weight is 312 g/mol. The van der Waals surface area contributed by atoms with E-state index < -0.39 is 16.4 Å². The highest BCUT2D eigenvalue weighted by atomic mass is 16.3. The molecule has 2 aliphatic carbocycles. The fourth-order valence-electron chi connectivity index (χ4n) is 4.86. The molecule has 2 aliphatic rings. The van der Waals surface area contributed by atoms with Gasteiger partial charge in [0.25, 0.3) is 0 Å². The molecule has 3 atom stereocenters. The van der Waals surface area contributed by atoms with Crippen LogP contribution in [0, 0.1) is 22.2 Å². The Kier molecular flexibility index (Phi) is 3.27. The van der Waals surface area contributed by atoms with E-state index in [2.05, 4.69) is 34.6 Å². The molecule has 1 N–H and O–H groups in total. The monoisotopic (exact) mass is 312 g/mol. The van der Waals surface area contributed by atoms with Crippen molar-refractivity contribution in [3.8, 4) is 0 Å². The normalized spacial score (nSPS) is 37.6. The highest BCUT2D eigenvalue weighted by Crippen LogP contribution is 2.72. The lowest BCUT2D eigenvalue weighted by atomic mass is 9.64. The van der Waals surface area contributed by atoms with Gasteiger partial charge in [-0.1, -0.05) is 71.9 Å². The lowest BCUT2D eigenvalue weighted by Crippen LogP contribution is -2.49. The van der Waals surface area contributed by atoms with E-state index in [1.54, 1.807) is 0 Å². The molecule has 0 amide bonds. The third-order valence-corrected chi connectivity index (χ3v) is 6.76. The van der Waals surface area contributed by atoms with Gasteiger partial charge in [-0.2, -0.15) is 0 Å². The average Bonchev–Trinajstić information content (AvgIpc) is 2.69. The highest BCUT2D eigenvalue weighted by molar-refractivity contribution is 6.10. The van der Waals surface area contributed by atoms with Crippen molar-refractivity contribution in [3.63, 3.8) is 0 Å². The maximum Gasteiger partial charge on any atom is 0.168 e. The van der Waals surface area contributed by atoms with Crippen LogP contribution in [0.4, 0.5) is 0 Å². The molecule has 2 fully saturated rings. The van der Waals surface area contributed by atoms with Crippen molar-refractivity contribution in [2.45, 2.75) is 53.6 Å². The molecule has 0 radical (unpaired) electrons. The summed E-state index contributed by atoms with van der Waals surface area (Å²) in [5.74, 6) is 0.192. The number of fused-ring (bicyclic) bond motifs is 2. The zero-order chi connectivity index (χ0) is 17.3. The summed E-state index contributed by atoms with van der Waals surface area (Å²) in [4.78, 5) is 13.2. The first-order valence-electron chi connectivity index (χ1n) is 8.50. The summed E-state index contributed by atoms with van der Waals surface area (Å²) in [6.07, 6.45) is 2.66. The van der Waals surface area contributed by atoms with Crippen LogP contribution in [-0.4, -0.2) is 16.5 Å². The molecule has 0 saturated heterocycles. The lowest BCUT2D eigenvalue weighted by molar-refractivity contribution is -0.126. The quantitative estimate of drug-likeness (QED) is 0.776. The number of benzene rings is 1. The minimum Gasteiger partial charge on any atom is -0.384 e. The van der Waals surface area contributed by atoms with Crippen LogP contribution in [0.1, 0.15) is 53.5 Å². The Labute approximate surface area is 139 Å². The zero-order valence-electron chi connectivity index (χ0n) is 15.1. The molecule has 3 rings (SSSR count). The summed E-state index contributed by atoms with van der Waals surface area (Å²) in [6.45, 7) is 12.7. The largest absolute Gasteiger partial charge is 0.384 e. The van der Waals surface area contributed by atoms with Crippen molar-refractivity contribution in [2.75, 3.05) is 0 Å². The molecule has 1 aromatic carbocycles. The predicted molar refractivity (Wildman–Crippen MR) is 93.8 cm³/mol. The summed E-state index contributed by atoms with van der Waals surface area (Å²) in [6, 6.07) is 9.85. The van der Waals surface area contributed by atoms with Crippen LogP contribution in [0.3, 0.4) is 0 Å². The molecule has 23 heavy (non-hydrogen) atoms. The van der Waals surface area contributed by atoms with E-state index in [0.29, 0.717) is 5.57 Å². The van der Waals surface area contributed by atoms with Gasteiger partial charge < -0.3 is 5.11 Å². The van der Waals surface area contributed by atoms with Gasteiger partial charge in [0.05, 0.1) is 0 Å². The SMILES string of the molecule is CC(C)(C)C1CC2(C)C(=O)C(=Cc3ccccc3)C1(O)C2(C)C. The second-order valence-corrected chi connectivity index (χ2v) is 9.14. The summed E-state index contributed by atoms with van der Waals surface area (Å²) < 4.78 is 0. The molecule has 2 saturated carbocycles. The highest BCUT2D eigenvalue weighted by Gasteiger charge is 2.77. The topological polar surface area (TPSA) is 37.3 Å². The van der Waals surface area contributed by atoms with Gasteiger partial charge in [-0.3, -0.25) is 4.79 Å². The van der Waals surface area contributed by atoms with Gasteiger partial charge >= 0.3 is 0 Å². The minimum absolute atomic E-state index is 0.0553. The molecule has 0 aliphatic heterocycles. The standard InChI is InChI=1S/C21H28O2/c1-18(2,3)16-13-20(6)17(22)15(21(16,23)19(20,4)5)12-14-10-8-7-9-11-14/h7-12,16,23H,13H2,1-6H3. The fourth-order valence-corrected chi connectivity index (χ4v) is 4.86. The molecular formula is C21H28O2. The number of aliphatic hydroxyl groups is 1. The number of hydrogen-bond acceptors (Lipinski definition) is 2. The minimum atomic E-state index is -1.08. The Morgan fingerprint density at radius 3 is 2.17 bits per heavy atom. The van der Waals surface area contributed by atoms with Gasteiger partial charge in [-0.15, -0.1) is 0 Å². The summed E-state index contributed by atoms with van der Waals surface area (Å²) >= 11 is 0. The molecule has 124 valence electrons. The molecule has 2 heteroatoms. The van der Waals surface area contributed by atoms with Crippen molar-refractivity contribution in [1.29, 1.82) is 0 Å². The molecule has 3 unspecified atom stereocenters. The number of carbonyl (C=O) groups excluding carboxylic acids is 1. The molecule has 2 nitrogen and oxygen atoms in total. The maximum atomic E-state index is 13.2. The molecular weight excluding hydrogens is 284 g/mol. The molecule has 0 spiro atoms. The smallest absolute Gasteiger partial charge is 0.168 e. The van der Waals surface area contributed by atoms with Gasteiger partial charge in [0.15, 0.2) is 5.78 Å². The van der Waals surface area contributed by atoms with E-state index in [9.17, 15) is 9.90 Å². The first-order valence-corrected chi connectivity index (χ1v) is 8.50. The van der Waals surface area contributed by atoms with Gasteiger partial charge in [0.2, 0.25) is 0 Å². The van der Waals surface area contributed by atoms with Gasteiger partial charge in [-0.05, 0) is 29.4 Å².